The molecule has 0 N–H and O–H groups in total. The van der Waals surface area contributed by atoms with E-state index in [1.54, 1.807) is 48.8 Å². The molecule has 0 atom stereocenters. The molecule has 3 rings (SSSR count). The van der Waals surface area contributed by atoms with Crippen molar-refractivity contribution in [3.63, 3.8) is 0 Å². The van der Waals surface area contributed by atoms with Gasteiger partial charge in [0.25, 0.3) is 10.0 Å². The quantitative estimate of drug-likeness (QED) is 0.668. The molecule has 1 aromatic heterocycles. The Morgan fingerprint density at radius 2 is 1.80 bits per heavy atom. The molecule has 0 spiro atoms. The van der Waals surface area contributed by atoms with Crippen LogP contribution in [0.5, 0.6) is 0 Å². The van der Waals surface area contributed by atoms with Gasteiger partial charge in [0, 0.05) is 17.4 Å². The number of nitrogens with zero attached hydrogens (tertiary/aromatic N) is 2. The van der Waals surface area contributed by atoms with Gasteiger partial charge >= 0.3 is 0 Å². The van der Waals surface area contributed by atoms with Gasteiger partial charge in [0.1, 0.15) is 5.82 Å². The van der Waals surface area contributed by atoms with Gasteiger partial charge in [-0.3, -0.25) is 9.29 Å². The average Bonchev–Trinajstić information content (AvgIpc) is 2.61. The predicted molar refractivity (Wildman–Crippen MR) is 95.5 cm³/mol. The van der Waals surface area contributed by atoms with Crippen LogP contribution < -0.4 is 4.31 Å². The topological polar surface area (TPSA) is 50.3 Å². The lowest BCUT2D eigenvalue weighted by molar-refractivity contribution is 0.589. The standard InChI is InChI=1S/C18H14ClFN2O2S/c19-15-4-1-5-17(11-15)22(13-14-3-2-10-21-12-14)25(23,24)18-8-6-16(20)7-9-18/h1-12H,13H2. The zero-order valence-electron chi connectivity index (χ0n) is 13.0. The Morgan fingerprint density at radius 3 is 2.44 bits per heavy atom. The van der Waals surface area contributed by atoms with Crippen LogP contribution in [0.4, 0.5) is 10.1 Å². The molecule has 7 heteroatoms. The highest BCUT2D eigenvalue weighted by Crippen LogP contribution is 2.28. The van der Waals surface area contributed by atoms with Gasteiger partial charge in [-0.05, 0) is 54.1 Å². The van der Waals surface area contributed by atoms with Crippen LogP contribution in [0.25, 0.3) is 0 Å². The van der Waals surface area contributed by atoms with Crippen LogP contribution in [-0.4, -0.2) is 13.4 Å². The van der Waals surface area contributed by atoms with Crippen molar-refractivity contribution in [1.82, 2.24) is 4.98 Å². The van der Waals surface area contributed by atoms with Crippen LogP contribution in [-0.2, 0) is 16.6 Å². The van der Waals surface area contributed by atoms with Crippen molar-refractivity contribution in [3.8, 4) is 0 Å². The fourth-order valence-electron chi connectivity index (χ4n) is 2.34. The minimum atomic E-state index is -3.91. The van der Waals surface area contributed by atoms with Gasteiger partial charge in [-0.1, -0.05) is 23.7 Å². The maximum atomic E-state index is 13.2. The molecule has 0 saturated heterocycles. The van der Waals surface area contributed by atoms with E-state index in [0.717, 1.165) is 12.1 Å². The molecule has 0 radical (unpaired) electrons. The lowest BCUT2D eigenvalue weighted by Gasteiger charge is -2.24. The van der Waals surface area contributed by atoms with Crippen LogP contribution in [0.3, 0.4) is 0 Å². The lowest BCUT2D eigenvalue weighted by atomic mass is 10.2. The van der Waals surface area contributed by atoms with E-state index in [1.165, 1.54) is 16.4 Å². The summed E-state index contributed by atoms with van der Waals surface area (Å²) in [4.78, 5) is 4.02. The van der Waals surface area contributed by atoms with Gasteiger partial charge in [0.15, 0.2) is 0 Å². The van der Waals surface area contributed by atoms with Crippen LogP contribution in [0.2, 0.25) is 5.02 Å². The highest BCUT2D eigenvalue weighted by Gasteiger charge is 2.25. The molecule has 2 aromatic carbocycles. The Bertz CT molecular complexity index is 964. The first-order valence-corrected chi connectivity index (χ1v) is 9.21. The fourth-order valence-corrected chi connectivity index (χ4v) is 3.97. The Morgan fingerprint density at radius 1 is 1.04 bits per heavy atom. The first-order valence-electron chi connectivity index (χ1n) is 7.39. The zero-order chi connectivity index (χ0) is 17.9. The normalized spacial score (nSPS) is 11.3. The van der Waals surface area contributed by atoms with Crippen molar-refractivity contribution in [2.75, 3.05) is 4.31 Å². The van der Waals surface area contributed by atoms with Crippen molar-refractivity contribution in [2.24, 2.45) is 0 Å². The molecule has 0 saturated carbocycles. The number of rotatable bonds is 5. The second kappa shape index (κ2) is 7.21. The molecule has 0 aliphatic rings. The maximum absolute atomic E-state index is 13.2. The number of hydrogen-bond donors (Lipinski definition) is 0. The van der Waals surface area contributed by atoms with E-state index in [9.17, 15) is 12.8 Å². The van der Waals surface area contributed by atoms with Gasteiger partial charge in [0.05, 0.1) is 17.1 Å². The van der Waals surface area contributed by atoms with E-state index >= 15 is 0 Å². The number of benzene rings is 2. The summed E-state index contributed by atoms with van der Waals surface area (Å²) in [5, 5.41) is 0.419. The van der Waals surface area contributed by atoms with E-state index < -0.39 is 15.8 Å². The summed E-state index contributed by atoms with van der Waals surface area (Å²) in [6, 6.07) is 14.8. The average molecular weight is 377 g/mol. The number of anilines is 1. The lowest BCUT2D eigenvalue weighted by Crippen LogP contribution is -2.30. The molecule has 0 unspecified atom stereocenters. The van der Waals surface area contributed by atoms with Crippen molar-refractivity contribution in [2.45, 2.75) is 11.4 Å². The molecule has 4 nitrogen and oxygen atoms in total. The summed E-state index contributed by atoms with van der Waals surface area (Å²) in [5.41, 5.74) is 1.13. The van der Waals surface area contributed by atoms with Crippen LogP contribution in [0.1, 0.15) is 5.56 Å². The smallest absolute Gasteiger partial charge is 0.264 e. The minimum Gasteiger partial charge on any atom is -0.264 e. The van der Waals surface area contributed by atoms with Crippen molar-refractivity contribution in [1.29, 1.82) is 0 Å². The Kier molecular flexibility index (Phi) is 5.01. The monoisotopic (exact) mass is 376 g/mol. The molecule has 25 heavy (non-hydrogen) atoms. The fraction of sp³-hybridized carbons (Fsp3) is 0.0556. The van der Waals surface area contributed by atoms with Gasteiger partial charge in [-0.2, -0.15) is 0 Å². The first kappa shape index (κ1) is 17.4. The van der Waals surface area contributed by atoms with Gasteiger partial charge in [-0.25, -0.2) is 12.8 Å². The highest BCUT2D eigenvalue weighted by molar-refractivity contribution is 7.92. The third-order valence-corrected chi connectivity index (χ3v) is 5.57. The summed E-state index contributed by atoms with van der Waals surface area (Å²) >= 11 is 6.03. The second-order valence-corrected chi connectivity index (χ2v) is 7.61. The largest absolute Gasteiger partial charge is 0.264 e. The summed E-state index contributed by atoms with van der Waals surface area (Å²) < 4.78 is 40.6. The molecule has 0 amide bonds. The maximum Gasteiger partial charge on any atom is 0.264 e. The summed E-state index contributed by atoms with van der Waals surface area (Å²) in [6.07, 6.45) is 3.21. The van der Waals surface area contributed by atoms with E-state index in [1.807, 2.05) is 0 Å². The minimum absolute atomic E-state index is 0.00207. The summed E-state index contributed by atoms with van der Waals surface area (Å²) in [7, 11) is -3.91. The van der Waals surface area contributed by atoms with E-state index in [4.69, 9.17) is 11.6 Å². The Hall–Kier alpha value is -2.44. The van der Waals surface area contributed by atoms with E-state index in [-0.39, 0.29) is 11.4 Å². The van der Waals surface area contributed by atoms with Gasteiger partial charge in [0.2, 0.25) is 0 Å². The zero-order valence-corrected chi connectivity index (χ0v) is 14.6. The number of aromatic nitrogens is 1. The first-order chi connectivity index (χ1) is 12.0. The third kappa shape index (κ3) is 3.97. The molecule has 128 valence electrons. The van der Waals surface area contributed by atoms with Crippen LogP contribution in [0.15, 0.2) is 78.0 Å². The van der Waals surface area contributed by atoms with E-state index in [2.05, 4.69) is 4.98 Å². The molecule has 3 aromatic rings. The number of sulfonamides is 1. The highest BCUT2D eigenvalue weighted by atomic mass is 35.5. The van der Waals surface area contributed by atoms with Gasteiger partial charge in [-0.15, -0.1) is 0 Å². The molecular formula is C18H14ClFN2O2S. The SMILES string of the molecule is O=S(=O)(c1ccc(F)cc1)N(Cc1cccnc1)c1cccc(Cl)c1. The molecule has 0 aliphatic heterocycles. The van der Waals surface area contributed by atoms with Crippen molar-refractivity contribution >= 4 is 27.3 Å². The Labute approximate surface area is 150 Å². The van der Waals surface area contributed by atoms with Crippen LogP contribution in [0, 0.1) is 5.82 Å². The van der Waals surface area contributed by atoms with Crippen molar-refractivity contribution < 1.29 is 12.8 Å². The number of hydrogen-bond acceptors (Lipinski definition) is 3. The number of pyridine rings is 1. The molecule has 0 fully saturated rings. The van der Waals surface area contributed by atoms with E-state index in [0.29, 0.717) is 16.3 Å². The van der Waals surface area contributed by atoms with Crippen molar-refractivity contribution in [3.05, 3.63) is 89.5 Å². The molecule has 0 aliphatic carbocycles. The molecule has 0 bridgehead atoms. The number of halogens is 2. The Balaban J connectivity index is 2.08. The predicted octanol–water partition coefficient (Wildman–Crippen LogP) is 4.27. The summed E-state index contributed by atoms with van der Waals surface area (Å²) in [6.45, 7) is 0.0773. The van der Waals surface area contributed by atoms with Gasteiger partial charge < -0.3 is 0 Å². The summed E-state index contributed by atoms with van der Waals surface area (Å²) in [5.74, 6) is -0.500. The third-order valence-electron chi connectivity index (χ3n) is 3.55. The second-order valence-electron chi connectivity index (χ2n) is 5.31. The molecule has 1 heterocycles. The van der Waals surface area contributed by atoms with Crippen LogP contribution >= 0.6 is 11.6 Å². The molecular weight excluding hydrogens is 363 g/mol.